The first kappa shape index (κ1) is 21.3. The zero-order valence-corrected chi connectivity index (χ0v) is 18.0. The van der Waals surface area contributed by atoms with E-state index in [1.807, 2.05) is 36.4 Å². The Hall–Kier alpha value is -2.44. The molecule has 0 aliphatic carbocycles. The molecule has 0 aromatic heterocycles. The third-order valence-corrected chi connectivity index (χ3v) is 5.40. The maximum Gasteiger partial charge on any atom is 0.224 e. The van der Waals surface area contributed by atoms with E-state index in [-0.39, 0.29) is 5.91 Å². The maximum atomic E-state index is 12.6. The molecule has 6 nitrogen and oxygen atoms in total. The Labute approximate surface area is 177 Å². The Balaban J connectivity index is 1.65. The van der Waals surface area contributed by atoms with Crippen LogP contribution in [0.4, 0.5) is 11.4 Å². The van der Waals surface area contributed by atoms with Crippen molar-refractivity contribution >= 4 is 28.9 Å². The van der Waals surface area contributed by atoms with Crippen LogP contribution in [-0.2, 0) is 11.2 Å². The van der Waals surface area contributed by atoms with E-state index in [9.17, 15) is 4.79 Å². The van der Waals surface area contributed by atoms with Crippen LogP contribution in [0.2, 0.25) is 5.02 Å². The Kier molecular flexibility index (Phi) is 7.23. The lowest BCUT2D eigenvalue weighted by molar-refractivity contribution is -0.116. The number of halogens is 1. The molecule has 0 radical (unpaired) electrons. The fourth-order valence-electron chi connectivity index (χ4n) is 3.44. The number of nitrogens with one attached hydrogen (secondary N) is 1. The van der Waals surface area contributed by atoms with E-state index >= 15 is 0 Å². The highest BCUT2D eigenvalue weighted by Gasteiger charge is 2.18. The van der Waals surface area contributed by atoms with Crippen LogP contribution < -0.4 is 19.7 Å². The van der Waals surface area contributed by atoms with Crippen LogP contribution >= 0.6 is 11.6 Å². The van der Waals surface area contributed by atoms with Crippen LogP contribution in [0.15, 0.2) is 36.4 Å². The number of hydrogen-bond donors (Lipinski definition) is 1. The van der Waals surface area contributed by atoms with Crippen molar-refractivity contribution in [3.63, 3.8) is 0 Å². The predicted molar refractivity (Wildman–Crippen MR) is 118 cm³/mol. The van der Waals surface area contributed by atoms with Crippen molar-refractivity contribution in [3.05, 3.63) is 47.0 Å². The number of methoxy groups -OCH3 is 2. The Morgan fingerprint density at radius 1 is 1.03 bits per heavy atom. The van der Waals surface area contributed by atoms with Gasteiger partial charge in [-0.1, -0.05) is 17.7 Å². The summed E-state index contributed by atoms with van der Waals surface area (Å²) < 4.78 is 10.6. The van der Waals surface area contributed by atoms with E-state index in [0.717, 1.165) is 43.1 Å². The van der Waals surface area contributed by atoms with Gasteiger partial charge in [0.25, 0.3) is 0 Å². The Morgan fingerprint density at radius 3 is 2.45 bits per heavy atom. The van der Waals surface area contributed by atoms with E-state index in [4.69, 9.17) is 21.1 Å². The topological polar surface area (TPSA) is 54.0 Å². The van der Waals surface area contributed by atoms with E-state index in [1.165, 1.54) is 0 Å². The van der Waals surface area contributed by atoms with Gasteiger partial charge in [0, 0.05) is 37.6 Å². The molecule has 7 heteroatoms. The van der Waals surface area contributed by atoms with Gasteiger partial charge in [-0.3, -0.25) is 4.79 Å². The monoisotopic (exact) mass is 417 g/mol. The normalized spacial score (nSPS) is 14.6. The van der Waals surface area contributed by atoms with Gasteiger partial charge in [0.15, 0.2) is 11.5 Å². The first-order valence-corrected chi connectivity index (χ1v) is 10.1. The molecule has 1 amide bonds. The van der Waals surface area contributed by atoms with Gasteiger partial charge in [-0.05, 0) is 49.4 Å². The van der Waals surface area contributed by atoms with Crippen molar-refractivity contribution in [2.75, 3.05) is 57.7 Å². The summed E-state index contributed by atoms with van der Waals surface area (Å²) in [6.07, 6.45) is 0.973. The highest BCUT2D eigenvalue weighted by molar-refractivity contribution is 6.31. The number of hydrogen-bond acceptors (Lipinski definition) is 5. The second kappa shape index (κ2) is 9.85. The third kappa shape index (κ3) is 5.55. The standard InChI is InChI=1S/C22H28ClN3O3/c1-25-10-12-26(13-11-25)19-7-6-17(23)15-18(19)24-22(27)9-5-16-4-8-20(28-2)21(14-16)29-3/h4,6-8,14-15H,5,9-13H2,1-3H3,(H,24,27). The molecule has 2 aromatic carbocycles. The quantitative estimate of drug-likeness (QED) is 0.744. The molecule has 0 spiro atoms. The number of aryl methyl sites for hydroxylation is 1. The second-order valence-corrected chi connectivity index (χ2v) is 7.63. The summed E-state index contributed by atoms with van der Waals surface area (Å²) in [6.45, 7) is 3.84. The van der Waals surface area contributed by atoms with E-state index in [0.29, 0.717) is 29.4 Å². The zero-order valence-electron chi connectivity index (χ0n) is 17.2. The van der Waals surface area contributed by atoms with Gasteiger partial charge >= 0.3 is 0 Å². The van der Waals surface area contributed by atoms with Crippen LogP contribution in [-0.4, -0.2) is 58.3 Å². The molecule has 0 unspecified atom stereocenters. The minimum atomic E-state index is -0.0440. The number of carbonyl (C=O) groups is 1. The van der Waals surface area contributed by atoms with Crippen LogP contribution in [0.1, 0.15) is 12.0 Å². The number of rotatable bonds is 7. The van der Waals surface area contributed by atoms with Gasteiger partial charge < -0.3 is 24.6 Å². The number of nitrogens with zero attached hydrogens (tertiary/aromatic N) is 2. The molecule has 2 aromatic rings. The summed E-state index contributed by atoms with van der Waals surface area (Å²) in [4.78, 5) is 17.2. The fraction of sp³-hybridized carbons (Fsp3) is 0.409. The molecule has 0 saturated carbocycles. The summed E-state index contributed by atoms with van der Waals surface area (Å²) in [6, 6.07) is 11.4. The number of carbonyl (C=O) groups excluding carboxylic acids is 1. The van der Waals surface area contributed by atoms with Crippen LogP contribution in [0.25, 0.3) is 0 Å². The summed E-state index contributed by atoms with van der Waals surface area (Å²) in [5.41, 5.74) is 2.80. The predicted octanol–water partition coefficient (Wildman–Crippen LogP) is 3.68. The highest BCUT2D eigenvalue weighted by Crippen LogP contribution is 2.31. The number of amides is 1. The largest absolute Gasteiger partial charge is 0.493 e. The molecular weight excluding hydrogens is 390 g/mol. The Bertz CT molecular complexity index is 851. The maximum absolute atomic E-state index is 12.6. The van der Waals surface area contributed by atoms with Gasteiger partial charge in [-0.25, -0.2) is 0 Å². The third-order valence-electron chi connectivity index (χ3n) is 5.17. The summed E-state index contributed by atoms with van der Waals surface area (Å²) in [5, 5.41) is 3.66. The molecule has 0 bridgehead atoms. The van der Waals surface area contributed by atoms with Crippen LogP contribution in [0.5, 0.6) is 11.5 Å². The first-order chi connectivity index (χ1) is 14.0. The average molecular weight is 418 g/mol. The number of benzene rings is 2. The smallest absolute Gasteiger partial charge is 0.224 e. The fourth-order valence-corrected chi connectivity index (χ4v) is 3.61. The average Bonchev–Trinajstić information content (AvgIpc) is 2.73. The van der Waals surface area contributed by atoms with E-state index in [1.54, 1.807) is 14.2 Å². The van der Waals surface area contributed by atoms with Crippen molar-refractivity contribution in [1.29, 1.82) is 0 Å². The molecule has 1 heterocycles. The Morgan fingerprint density at radius 2 is 1.76 bits per heavy atom. The minimum absolute atomic E-state index is 0.0440. The van der Waals surface area contributed by atoms with Crippen molar-refractivity contribution in [2.45, 2.75) is 12.8 Å². The molecule has 1 aliphatic rings. The molecule has 29 heavy (non-hydrogen) atoms. The van der Waals surface area contributed by atoms with Gasteiger partial charge in [-0.15, -0.1) is 0 Å². The van der Waals surface area contributed by atoms with Crippen molar-refractivity contribution in [3.8, 4) is 11.5 Å². The lowest BCUT2D eigenvalue weighted by Crippen LogP contribution is -2.44. The van der Waals surface area contributed by atoms with E-state index in [2.05, 4.69) is 22.2 Å². The molecule has 1 fully saturated rings. The molecule has 1 saturated heterocycles. The lowest BCUT2D eigenvalue weighted by atomic mass is 10.1. The van der Waals surface area contributed by atoms with Crippen LogP contribution in [0.3, 0.4) is 0 Å². The van der Waals surface area contributed by atoms with Crippen molar-refractivity contribution in [1.82, 2.24) is 4.90 Å². The highest BCUT2D eigenvalue weighted by atomic mass is 35.5. The first-order valence-electron chi connectivity index (χ1n) is 9.74. The van der Waals surface area contributed by atoms with Crippen molar-refractivity contribution in [2.24, 2.45) is 0 Å². The summed E-state index contributed by atoms with van der Waals surface area (Å²) >= 11 is 6.19. The number of anilines is 2. The number of ether oxygens (including phenoxy) is 2. The molecule has 3 rings (SSSR count). The van der Waals surface area contributed by atoms with Crippen molar-refractivity contribution < 1.29 is 14.3 Å². The summed E-state index contributed by atoms with van der Waals surface area (Å²) in [7, 11) is 5.33. The number of piperazine rings is 1. The zero-order chi connectivity index (χ0) is 20.8. The molecular formula is C22H28ClN3O3. The summed E-state index contributed by atoms with van der Waals surface area (Å²) in [5.74, 6) is 1.30. The lowest BCUT2D eigenvalue weighted by Gasteiger charge is -2.35. The van der Waals surface area contributed by atoms with Crippen LogP contribution in [0, 0.1) is 0 Å². The molecule has 0 atom stereocenters. The number of likely N-dealkylation sites (N-methyl/N-ethyl adjacent to an activating group) is 1. The SMILES string of the molecule is COc1ccc(CCC(=O)Nc2cc(Cl)ccc2N2CCN(C)CC2)cc1OC. The molecule has 1 N–H and O–H groups in total. The van der Waals surface area contributed by atoms with Gasteiger partial charge in [0.2, 0.25) is 5.91 Å². The van der Waals surface area contributed by atoms with Gasteiger partial charge in [0.1, 0.15) is 0 Å². The molecule has 156 valence electrons. The second-order valence-electron chi connectivity index (χ2n) is 7.19. The van der Waals surface area contributed by atoms with Gasteiger partial charge in [0.05, 0.1) is 25.6 Å². The van der Waals surface area contributed by atoms with Gasteiger partial charge in [-0.2, -0.15) is 0 Å². The minimum Gasteiger partial charge on any atom is -0.493 e. The molecule has 1 aliphatic heterocycles. The van der Waals surface area contributed by atoms with E-state index < -0.39 is 0 Å².